The molecule has 1 fully saturated rings. The molecule has 6 heteroatoms. The Labute approximate surface area is 93.4 Å². The van der Waals surface area contributed by atoms with Crippen LogP contribution in [0.4, 0.5) is 5.82 Å². The van der Waals surface area contributed by atoms with Crippen molar-refractivity contribution in [1.29, 1.82) is 0 Å². The van der Waals surface area contributed by atoms with Crippen molar-refractivity contribution in [3.05, 3.63) is 17.0 Å². The number of morpholine rings is 1. The predicted octanol–water partition coefficient (Wildman–Crippen LogP) is 1.10. The van der Waals surface area contributed by atoms with Crippen LogP contribution in [0.25, 0.3) is 0 Å². The number of ether oxygens (including phenoxy) is 1. The Morgan fingerprint density at radius 3 is 2.93 bits per heavy atom. The van der Waals surface area contributed by atoms with E-state index in [1.165, 1.54) is 0 Å². The van der Waals surface area contributed by atoms with Gasteiger partial charge in [0.05, 0.1) is 13.2 Å². The average Bonchev–Trinajstić information content (AvgIpc) is 2.25. The van der Waals surface area contributed by atoms with Gasteiger partial charge in [0.1, 0.15) is 5.82 Å². The van der Waals surface area contributed by atoms with E-state index in [0.29, 0.717) is 0 Å². The van der Waals surface area contributed by atoms with Crippen LogP contribution in [-0.2, 0) is 4.74 Å². The Balaban J connectivity index is 2.05. The van der Waals surface area contributed by atoms with E-state index in [0.717, 1.165) is 37.7 Å². The Morgan fingerprint density at radius 1 is 1.47 bits per heavy atom. The minimum absolute atomic E-state index is 0.261. The van der Waals surface area contributed by atoms with E-state index in [1.807, 2.05) is 6.92 Å². The van der Waals surface area contributed by atoms with Crippen molar-refractivity contribution < 1.29 is 4.74 Å². The van der Waals surface area contributed by atoms with Crippen molar-refractivity contribution in [2.24, 2.45) is 0 Å². The maximum atomic E-state index is 5.73. The second kappa shape index (κ2) is 4.74. The van der Waals surface area contributed by atoms with E-state index in [-0.39, 0.29) is 5.28 Å². The van der Waals surface area contributed by atoms with Gasteiger partial charge in [0, 0.05) is 24.8 Å². The van der Waals surface area contributed by atoms with Gasteiger partial charge in [-0.1, -0.05) is 0 Å². The van der Waals surface area contributed by atoms with Crippen LogP contribution >= 0.6 is 11.6 Å². The number of hydrogen-bond acceptors (Lipinski definition) is 5. The summed E-state index contributed by atoms with van der Waals surface area (Å²) >= 11 is 5.73. The van der Waals surface area contributed by atoms with Crippen LogP contribution in [0, 0.1) is 6.92 Å². The molecule has 2 rings (SSSR count). The smallest absolute Gasteiger partial charge is 0.224 e. The minimum atomic E-state index is 0.261. The van der Waals surface area contributed by atoms with Gasteiger partial charge in [-0.2, -0.15) is 4.98 Å². The Bertz CT molecular complexity index is 341. The monoisotopic (exact) mass is 228 g/mol. The maximum absolute atomic E-state index is 5.73. The standard InChI is InChI=1S/C9H13ClN4O/c1-7-6-11-9(10)12-8(7)13-14-2-4-15-5-3-14/h6H,2-5H2,1H3,(H,11,12,13). The zero-order chi connectivity index (χ0) is 10.7. The Hall–Kier alpha value is -0.910. The molecule has 0 unspecified atom stereocenters. The third-order valence-electron chi connectivity index (χ3n) is 2.22. The summed E-state index contributed by atoms with van der Waals surface area (Å²) in [6, 6.07) is 0. The normalized spacial score (nSPS) is 17.7. The largest absolute Gasteiger partial charge is 0.379 e. The first-order chi connectivity index (χ1) is 7.25. The van der Waals surface area contributed by atoms with Gasteiger partial charge in [0.2, 0.25) is 5.28 Å². The van der Waals surface area contributed by atoms with Gasteiger partial charge in [-0.25, -0.2) is 9.99 Å². The summed E-state index contributed by atoms with van der Waals surface area (Å²) in [5.74, 6) is 0.761. The molecule has 1 aromatic rings. The third kappa shape index (κ3) is 2.77. The number of hydrazine groups is 1. The molecular weight excluding hydrogens is 216 g/mol. The van der Waals surface area contributed by atoms with E-state index in [1.54, 1.807) is 6.20 Å². The molecule has 1 N–H and O–H groups in total. The predicted molar refractivity (Wildman–Crippen MR) is 57.8 cm³/mol. The zero-order valence-corrected chi connectivity index (χ0v) is 9.29. The quantitative estimate of drug-likeness (QED) is 0.769. The molecule has 5 nitrogen and oxygen atoms in total. The topological polar surface area (TPSA) is 50.3 Å². The highest BCUT2D eigenvalue weighted by atomic mass is 35.5. The van der Waals surface area contributed by atoms with Gasteiger partial charge >= 0.3 is 0 Å². The van der Waals surface area contributed by atoms with E-state index >= 15 is 0 Å². The number of anilines is 1. The van der Waals surface area contributed by atoms with Gasteiger partial charge in [0.15, 0.2) is 0 Å². The summed E-state index contributed by atoms with van der Waals surface area (Å²) in [5.41, 5.74) is 4.19. The SMILES string of the molecule is Cc1cnc(Cl)nc1NN1CCOCC1. The zero-order valence-electron chi connectivity index (χ0n) is 8.53. The molecule has 0 saturated carbocycles. The molecule has 0 aliphatic carbocycles. The van der Waals surface area contributed by atoms with Crippen LogP contribution in [0.1, 0.15) is 5.56 Å². The molecule has 0 radical (unpaired) electrons. The second-order valence-electron chi connectivity index (χ2n) is 3.38. The van der Waals surface area contributed by atoms with Gasteiger partial charge in [-0.3, -0.25) is 0 Å². The number of aromatic nitrogens is 2. The molecular formula is C9H13ClN4O. The molecule has 1 aromatic heterocycles. The van der Waals surface area contributed by atoms with Crippen molar-refractivity contribution in [2.75, 3.05) is 31.7 Å². The fourth-order valence-electron chi connectivity index (χ4n) is 1.36. The van der Waals surface area contributed by atoms with Crippen LogP contribution in [0.2, 0.25) is 5.28 Å². The number of rotatable bonds is 2. The van der Waals surface area contributed by atoms with E-state index in [9.17, 15) is 0 Å². The molecule has 82 valence electrons. The summed E-state index contributed by atoms with van der Waals surface area (Å²) in [4.78, 5) is 8.03. The molecule has 2 heterocycles. The lowest BCUT2D eigenvalue weighted by atomic mass is 10.3. The number of aryl methyl sites for hydroxylation is 1. The van der Waals surface area contributed by atoms with Gasteiger partial charge in [0.25, 0.3) is 0 Å². The van der Waals surface area contributed by atoms with Crippen LogP contribution in [0.3, 0.4) is 0 Å². The van der Waals surface area contributed by atoms with Crippen LogP contribution in [0.15, 0.2) is 6.20 Å². The molecule has 15 heavy (non-hydrogen) atoms. The molecule has 1 saturated heterocycles. The molecule has 0 aromatic carbocycles. The fraction of sp³-hybridized carbons (Fsp3) is 0.556. The number of halogens is 1. The lowest BCUT2D eigenvalue weighted by Crippen LogP contribution is -2.40. The highest BCUT2D eigenvalue weighted by Gasteiger charge is 2.12. The van der Waals surface area contributed by atoms with E-state index < -0.39 is 0 Å². The highest BCUT2D eigenvalue weighted by Crippen LogP contribution is 2.13. The first-order valence-corrected chi connectivity index (χ1v) is 5.22. The summed E-state index contributed by atoms with van der Waals surface area (Å²) < 4.78 is 5.25. The number of hydrogen-bond donors (Lipinski definition) is 1. The lowest BCUT2D eigenvalue weighted by molar-refractivity contribution is 0.0494. The summed E-state index contributed by atoms with van der Waals surface area (Å²) in [5, 5.41) is 2.33. The van der Waals surface area contributed by atoms with Crippen molar-refractivity contribution in [1.82, 2.24) is 15.0 Å². The maximum Gasteiger partial charge on any atom is 0.224 e. The van der Waals surface area contributed by atoms with Crippen LogP contribution in [-0.4, -0.2) is 41.3 Å². The van der Waals surface area contributed by atoms with E-state index in [2.05, 4.69) is 20.4 Å². The Morgan fingerprint density at radius 2 is 2.20 bits per heavy atom. The first kappa shape index (κ1) is 10.6. The van der Waals surface area contributed by atoms with E-state index in [4.69, 9.17) is 16.3 Å². The third-order valence-corrected chi connectivity index (χ3v) is 2.40. The minimum Gasteiger partial charge on any atom is -0.379 e. The molecule has 0 amide bonds. The van der Waals surface area contributed by atoms with Crippen molar-refractivity contribution in [3.63, 3.8) is 0 Å². The molecule has 0 spiro atoms. The van der Waals surface area contributed by atoms with Gasteiger partial charge in [-0.15, -0.1) is 0 Å². The fourth-order valence-corrected chi connectivity index (χ4v) is 1.49. The second-order valence-corrected chi connectivity index (χ2v) is 3.72. The van der Waals surface area contributed by atoms with Gasteiger partial charge in [-0.05, 0) is 18.5 Å². The Kier molecular flexibility index (Phi) is 3.35. The van der Waals surface area contributed by atoms with Crippen LogP contribution in [0.5, 0.6) is 0 Å². The average molecular weight is 229 g/mol. The number of nitrogens with zero attached hydrogens (tertiary/aromatic N) is 3. The molecule has 0 atom stereocenters. The lowest BCUT2D eigenvalue weighted by Gasteiger charge is -2.27. The number of nitrogens with one attached hydrogen (secondary N) is 1. The van der Waals surface area contributed by atoms with Gasteiger partial charge < -0.3 is 10.2 Å². The first-order valence-electron chi connectivity index (χ1n) is 4.84. The molecule has 1 aliphatic rings. The highest BCUT2D eigenvalue weighted by molar-refractivity contribution is 6.28. The van der Waals surface area contributed by atoms with Crippen LogP contribution < -0.4 is 5.43 Å². The molecule has 0 bridgehead atoms. The van der Waals surface area contributed by atoms with Crippen molar-refractivity contribution in [3.8, 4) is 0 Å². The summed E-state index contributed by atoms with van der Waals surface area (Å²) in [6.45, 7) is 5.12. The summed E-state index contributed by atoms with van der Waals surface area (Å²) in [7, 11) is 0. The van der Waals surface area contributed by atoms with Crippen molar-refractivity contribution in [2.45, 2.75) is 6.92 Å². The van der Waals surface area contributed by atoms with Crippen molar-refractivity contribution >= 4 is 17.4 Å². The summed E-state index contributed by atoms with van der Waals surface area (Å²) in [6.07, 6.45) is 1.71. The molecule has 1 aliphatic heterocycles.